The van der Waals surface area contributed by atoms with Crippen molar-refractivity contribution in [1.29, 1.82) is 0 Å². The first-order valence-electron chi connectivity index (χ1n) is 7.49. The molecular weight excluding hydrogens is 260 g/mol. The molecule has 0 spiro atoms. The molecule has 0 radical (unpaired) electrons. The number of aliphatic hydroxyl groups excluding tert-OH is 1. The summed E-state index contributed by atoms with van der Waals surface area (Å²) in [5.74, 6) is 7.49. The summed E-state index contributed by atoms with van der Waals surface area (Å²) in [7, 11) is 0. The van der Waals surface area contributed by atoms with Crippen LogP contribution in [0.1, 0.15) is 32.3 Å². The van der Waals surface area contributed by atoms with Crippen LogP contribution in [-0.4, -0.2) is 18.3 Å². The van der Waals surface area contributed by atoms with Crippen LogP contribution in [0.4, 0.5) is 0 Å². The molecule has 0 aliphatic carbocycles. The third-order valence-electron chi connectivity index (χ3n) is 3.51. The van der Waals surface area contributed by atoms with Gasteiger partial charge in [-0.15, -0.1) is 0 Å². The van der Waals surface area contributed by atoms with Gasteiger partial charge in [0.15, 0.2) is 0 Å². The van der Waals surface area contributed by atoms with E-state index in [1.807, 2.05) is 12.1 Å². The average Bonchev–Trinajstić information content (AvgIpc) is 2.52. The van der Waals surface area contributed by atoms with E-state index in [4.69, 9.17) is 9.84 Å². The molecule has 0 bridgehead atoms. The van der Waals surface area contributed by atoms with Gasteiger partial charge in [0.25, 0.3) is 0 Å². The monoisotopic (exact) mass is 282 g/mol. The van der Waals surface area contributed by atoms with Crippen molar-refractivity contribution in [2.45, 2.75) is 26.7 Å². The number of ether oxygens (including phenoxy) is 1. The number of aliphatic hydroxyl groups is 1. The van der Waals surface area contributed by atoms with E-state index in [9.17, 15) is 0 Å². The largest absolute Gasteiger partial charge is 0.493 e. The van der Waals surface area contributed by atoms with E-state index in [1.165, 1.54) is 0 Å². The Kier molecular flexibility index (Phi) is 5.66. The summed E-state index contributed by atoms with van der Waals surface area (Å²) in [4.78, 5) is 0. The minimum Gasteiger partial charge on any atom is -0.493 e. The van der Waals surface area contributed by atoms with Gasteiger partial charge in [-0.1, -0.05) is 44.2 Å². The first-order chi connectivity index (χ1) is 10.2. The molecule has 0 fully saturated rings. The summed E-state index contributed by atoms with van der Waals surface area (Å²) in [6.45, 7) is 5.23. The number of hydrogen-bond donors (Lipinski definition) is 1. The smallest absolute Gasteiger partial charge is 0.119 e. The zero-order valence-corrected chi connectivity index (χ0v) is 12.7. The number of hydrogen-bond acceptors (Lipinski definition) is 2. The second-order valence-corrected chi connectivity index (χ2v) is 5.32. The Morgan fingerprint density at radius 1 is 1.14 bits per heavy atom. The summed E-state index contributed by atoms with van der Waals surface area (Å²) < 4.78 is 5.82. The first-order valence-corrected chi connectivity index (χ1v) is 7.49. The lowest BCUT2D eigenvalue weighted by Gasteiger charge is -2.11. The van der Waals surface area contributed by atoms with E-state index < -0.39 is 0 Å². The van der Waals surface area contributed by atoms with Gasteiger partial charge >= 0.3 is 0 Å². The number of benzene rings is 2. The van der Waals surface area contributed by atoms with E-state index in [1.54, 1.807) is 0 Å². The Bertz CT molecular complexity index is 649. The molecule has 110 valence electrons. The van der Waals surface area contributed by atoms with Gasteiger partial charge in [0.2, 0.25) is 0 Å². The lowest BCUT2D eigenvalue weighted by molar-refractivity contribution is 0.257. The van der Waals surface area contributed by atoms with Crippen LogP contribution < -0.4 is 4.74 Å². The van der Waals surface area contributed by atoms with E-state index >= 15 is 0 Å². The molecule has 2 heteroatoms. The van der Waals surface area contributed by atoms with Crippen LogP contribution in [0.2, 0.25) is 0 Å². The van der Waals surface area contributed by atoms with Gasteiger partial charge in [-0.3, -0.25) is 0 Å². The van der Waals surface area contributed by atoms with Gasteiger partial charge in [0, 0.05) is 12.0 Å². The zero-order chi connectivity index (χ0) is 15.1. The van der Waals surface area contributed by atoms with Crippen molar-refractivity contribution in [2.24, 2.45) is 5.92 Å². The highest BCUT2D eigenvalue weighted by Gasteiger charge is 2.02. The molecule has 0 aliphatic rings. The van der Waals surface area contributed by atoms with Crippen LogP contribution in [0.5, 0.6) is 5.75 Å². The second kappa shape index (κ2) is 7.71. The van der Waals surface area contributed by atoms with E-state index in [-0.39, 0.29) is 6.61 Å². The minimum atomic E-state index is 0.109. The fourth-order valence-electron chi connectivity index (χ4n) is 1.97. The van der Waals surface area contributed by atoms with Crippen molar-refractivity contribution in [2.75, 3.05) is 13.2 Å². The molecular formula is C19H22O2. The normalized spacial score (nSPS) is 11.8. The predicted octanol–water partition coefficient (Wildman–Crippen LogP) is 4.00. The fourth-order valence-corrected chi connectivity index (χ4v) is 1.97. The highest BCUT2D eigenvalue weighted by molar-refractivity contribution is 5.85. The molecule has 0 heterocycles. The minimum absolute atomic E-state index is 0.109. The summed E-state index contributed by atoms with van der Waals surface area (Å²) in [5.41, 5.74) is 0.976. The SMILES string of the molecule is CCC(C)COc1ccc2cc(C#CCCO)ccc2c1. The van der Waals surface area contributed by atoms with E-state index in [0.717, 1.165) is 35.1 Å². The van der Waals surface area contributed by atoms with Crippen LogP contribution in [0.15, 0.2) is 36.4 Å². The van der Waals surface area contributed by atoms with Gasteiger partial charge in [-0.2, -0.15) is 0 Å². The fraction of sp³-hybridized carbons (Fsp3) is 0.368. The van der Waals surface area contributed by atoms with Crippen molar-refractivity contribution in [3.8, 4) is 17.6 Å². The zero-order valence-electron chi connectivity index (χ0n) is 12.7. The van der Waals surface area contributed by atoms with Crippen molar-refractivity contribution in [1.82, 2.24) is 0 Å². The summed E-state index contributed by atoms with van der Waals surface area (Å²) in [5, 5.41) is 11.0. The van der Waals surface area contributed by atoms with Gasteiger partial charge < -0.3 is 9.84 Å². The van der Waals surface area contributed by atoms with Crippen LogP contribution in [-0.2, 0) is 0 Å². The Hall–Kier alpha value is -1.98. The van der Waals surface area contributed by atoms with Gasteiger partial charge in [0.1, 0.15) is 5.75 Å². The van der Waals surface area contributed by atoms with Gasteiger partial charge in [0.05, 0.1) is 13.2 Å². The Morgan fingerprint density at radius 3 is 2.67 bits per heavy atom. The van der Waals surface area contributed by atoms with E-state index in [2.05, 4.69) is 50.0 Å². The van der Waals surface area contributed by atoms with Gasteiger partial charge in [-0.25, -0.2) is 0 Å². The third kappa shape index (κ3) is 4.51. The summed E-state index contributed by atoms with van der Waals surface area (Å²) in [6, 6.07) is 12.3. The molecule has 2 rings (SSSR count). The molecule has 0 aliphatic heterocycles. The molecule has 1 N–H and O–H groups in total. The topological polar surface area (TPSA) is 29.5 Å². The molecule has 2 nitrogen and oxygen atoms in total. The Labute approximate surface area is 126 Å². The second-order valence-electron chi connectivity index (χ2n) is 5.32. The highest BCUT2D eigenvalue weighted by atomic mass is 16.5. The third-order valence-corrected chi connectivity index (χ3v) is 3.51. The average molecular weight is 282 g/mol. The van der Waals surface area contributed by atoms with Crippen molar-refractivity contribution < 1.29 is 9.84 Å². The number of fused-ring (bicyclic) bond motifs is 1. The molecule has 1 unspecified atom stereocenters. The van der Waals surface area contributed by atoms with Crippen LogP contribution in [0.25, 0.3) is 10.8 Å². The molecule has 0 amide bonds. The molecule has 0 saturated heterocycles. The summed E-state index contributed by atoms with van der Waals surface area (Å²) in [6.07, 6.45) is 1.64. The summed E-state index contributed by atoms with van der Waals surface area (Å²) >= 11 is 0. The first kappa shape index (κ1) is 15.4. The van der Waals surface area contributed by atoms with Crippen molar-refractivity contribution in [3.63, 3.8) is 0 Å². The van der Waals surface area contributed by atoms with Gasteiger partial charge in [-0.05, 0) is 41.0 Å². The molecule has 21 heavy (non-hydrogen) atoms. The van der Waals surface area contributed by atoms with Crippen molar-refractivity contribution in [3.05, 3.63) is 42.0 Å². The Morgan fingerprint density at radius 2 is 1.90 bits per heavy atom. The van der Waals surface area contributed by atoms with Crippen LogP contribution >= 0.6 is 0 Å². The standard InChI is InChI=1S/C19H22O2/c1-3-15(2)14-21-19-10-9-17-12-16(6-4-5-11-20)7-8-18(17)13-19/h7-10,12-13,15,20H,3,5,11,14H2,1-2H3. The maximum Gasteiger partial charge on any atom is 0.119 e. The molecule has 1 atom stereocenters. The lowest BCUT2D eigenvalue weighted by Crippen LogP contribution is -2.06. The van der Waals surface area contributed by atoms with E-state index in [0.29, 0.717) is 12.3 Å². The maximum absolute atomic E-state index is 8.74. The number of rotatable bonds is 5. The quantitative estimate of drug-likeness (QED) is 0.840. The van der Waals surface area contributed by atoms with Crippen LogP contribution in [0.3, 0.4) is 0 Å². The molecule has 0 saturated carbocycles. The highest BCUT2D eigenvalue weighted by Crippen LogP contribution is 2.22. The maximum atomic E-state index is 8.74. The Balaban J connectivity index is 2.14. The predicted molar refractivity (Wildman–Crippen MR) is 87.5 cm³/mol. The molecule has 2 aromatic rings. The lowest BCUT2D eigenvalue weighted by atomic mass is 10.1. The van der Waals surface area contributed by atoms with Crippen LogP contribution in [0, 0.1) is 17.8 Å². The molecule has 0 aromatic heterocycles. The molecule has 2 aromatic carbocycles. The van der Waals surface area contributed by atoms with Crippen molar-refractivity contribution >= 4 is 10.8 Å².